The van der Waals surface area contributed by atoms with Gasteiger partial charge in [-0.05, 0) is 12.3 Å². The Hall–Kier alpha value is -0.570. The van der Waals surface area contributed by atoms with Crippen LogP contribution < -0.4 is 5.73 Å². The van der Waals surface area contributed by atoms with Crippen molar-refractivity contribution in [1.82, 2.24) is 0 Å². The second-order valence-electron chi connectivity index (χ2n) is 1.28. The summed E-state index contributed by atoms with van der Waals surface area (Å²) >= 11 is 0. The number of nitrogens with two attached hydrogens (primary N) is 1. The summed E-state index contributed by atoms with van der Waals surface area (Å²) in [5.74, 6) is -4.58. The summed E-state index contributed by atoms with van der Waals surface area (Å²) in [5, 5.41) is 3.37. The summed E-state index contributed by atoms with van der Waals surface area (Å²) in [6.45, 7) is -6.66. The molecule has 1 atom stereocenters. The molecule has 3 heteroatoms. The lowest BCUT2D eigenvalue weighted by Gasteiger charge is -2.07. The normalized spacial score (nSPS) is 37.6. The quantitative estimate of drug-likeness (QED) is 0.599. The number of hydrogen-bond acceptors (Lipinski definition) is 3. The van der Waals surface area contributed by atoms with Crippen LogP contribution in [0.5, 0.6) is 0 Å². The summed E-state index contributed by atoms with van der Waals surface area (Å²) in [6, 6.07) is -3.35. The SMILES string of the molecule is [2H]OC(=O)[C@@]([2H])(N)C([2H])([2H])C(C([2H])([2H])[2H])C([2H])([2H])[2H]. The van der Waals surface area contributed by atoms with Gasteiger partial charge in [0.2, 0.25) is 0 Å². The minimum absolute atomic E-state index is 1.89. The molecule has 0 aliphatic carbocycles. The van der Waals surface area contributed by atoms with E-state index in [2.05, 4.69) is 5.11 Å². The molecule has 3 nitrogen and oxygen atoms in total. The first-order chi connectivity index (χ1) is 8.10. The maximum atomic E-state index is 11.1. The average Bonchev–Trinajstić information content (AvgIpc) is 2.10. The minimum atomic E-state index is -3.47. The van der Waals surface area contributed by atoms with E-state index in [1.807, 2.05) is 0 Å². The van der Waals surface area contributed by atoms with Crippen LogP contribution in [-0.4, -0.2) is 17.1 Å². The molecule has 0 unspecified atom stereocenters. The van der Waals surface area contributed by atoms with Gasteiger partial charge in [0.1, 0.15) is 6.02 Å². The largest absolute Gasteiger partial charge is 0.480 e. The summed E-state index contributed by atoms with van der Waals surface area (Å²) in [7, 11) is 0. The van der Waals surface area contributed by atoms with Crippen LogP contribution in [-0.2, 0) is 4.79 Å². The Kier molecular flexibility index (Phi) is 0.588. The molecule has 0 aromatic carbocycles. The van der Waals surface area contributed by atoms with E-state index in [-0.39, 0.29) is 0 Å². The number of rotatable bonds is 3. The zero-order chi connectivity index (χ0) is 15.9. The highest BCUT2D eigenvalue weighted by Crippen LogP contribution is 2.01. The third-order valence-electron chi connectivity index (χ3n) is 0.520. The molecule has 0 saturated heterocycles. The van der Waals surface area contributed by atoms with Crippen molar-refractivity contribution in [1.29, 1.82) is 1.43 Å². The number of hydrogen-bond donors (Lipinski definition) is 2. The number of carbonyl (C=O) groups is 1. The molecule has 0 saturated carbocycles. The summed E-state index contributed by atoms with van der Waals surface area (Å²) in [5.41, 5.74) is 5.04. The Morgan fingerprint density at radius 2 is 2.89 bits per heavy atom. The Labute approximate surface area is 69.0 Å². The molecule has 0 bridgehead atoms. The molecule has 3 N–H and O–H groups in total. The molecule has 0 aromatic heterocycles. The maximum Gasteiger partial charge on any atom is 0.320 e. The summed E-state index contributed by atoms with van der Waals surface area (Å²) in [4.78, 5) is 11.1. The van der Waals surface area contributed by atoms with E-state index < -0.39 is 38.0 Å². The smallest absolute Gasteiger partial charge is 0.320 e. The van der Waals surface area contributed by atoms with Gasteiger partial charge in [0, 0.05) is 11.0 Å². The van der Waals surface area contributed by atoms with Gasteiger partial charge in [-0.25, -0.2) is 0 Å². The molecule has 0 aliphatic rings. The predicted molar refractivity (Wildman–Crippen MR) is 35.1 cm³/mol. The summed E-state index contributed by atoms with van der Waals surface area (Å²) in [6.07, 6.45) is -3.47. The van der Waals surface area contributed by atoms with Crippen molar-refractivity contribution in [2.75, 3.05) is 0 Å². The van der Waals surface area contributed by atoms with E-state index in [0.29, 0.717) is 0 Å². The standard InChI is InChI=1S/C6H13NO2/c1-4(2)3-5(7)6(8)9/h4-5H,3,7H2,1-2H3,(H,8,9)/t5-/m0/s1/i1D3,2D3,3D2,5D/hD. The zero-order valence-corrected chi connectivity index (χ0v) is 4.47. The minimum Gasteiger partial charge on any atom is -0.480 e. The lowest BCUT2D eigenvalue weighted by molar-refractivity contribution is -0.138. The first-order valence-corrected chi connectivity index (χ1v) is 2.06. The fourth-order valence-corrected chi connectivity index (χ4v) is 0.214. The fourth-order valence-electron chi connectivity index (χ4n) is 0.214. The van der Waals surface area contributed by atoms with Crippen LogP contribution in [0.15, 0.2) is 0 Å². The van der Waals surface area contributed by atoms with Crippen LogP contribution in [0.3, 0.4) is 0 Å². The van der Waals surface area contributed by atoms with Crippen molar-refractivity contribution in [3.8, 4) is 0 Å². The molecule has 0 fully saturated rings. The number of carboxylic acids is 1. The number of carboxylic acid groups (broad SMARTS) is 1. The highest BCUT2D eigenvalue weighted by Gasteiger charge is 2.11. The molecule has 0 amide bonds. The van der Waals surface area contributed by atoms with Crippen LogP contribution in [0.4, 0.5) is 0 Å². The number of aliphatic carboxylic acids is 1. The molecule has 0 radical (unpaired) electrons. The first-order valence-electron chi connectivity index (χ1n) is 6.97. The van der Waals surface area contributed by atoms with E-state index in [0.717, 1.165) is 0 Å². The van der Waals surface area contributed by atoms with Crippen LogP contribution in [0.2, 0.25) is 0 Å². The van der Waals surface area contributed by atoms with Crippen LogP contribution in [0, 0.1) is 5.92 Å². The summed E-state index contributed by atoms with van der Waals surface area (Å²) < 4.78 is 71.0. The maximum absolute atomic E-state index is 11.1. The Balaban J connectivity index is 5.89. The molecule has 0 heterocycles. The third kappa shape index (κ3) is 3.97. The lowest BCUT2D eigenvalue weighted by atomic mass is 10.1. The van der Waals surface area contributed by atoms with Gasteiger partial charge in [0.25, 0.3) is 1.43 Å². The third-order valence-corrected chi connectivity index (χ3v) is 0.520. The van der Waals surface area contributed by atoms with Crippen LogP contribution in [0.25, 0.3) is 1.43 Å². The van der Waals surface area contributed by atoms with Gasteiger partial charge in [-0.3, -0.25) is 4.79 Å². The molecule has 9 heavy (non-hydrogen) atoms. The zero-order valence-electron chi connectivity index (χ0n) is 14.5. The average molecular weight is 141 g/mol. The highest BCUT2D eigenvalue weighted by molar-refractivity contribution is 5.72. The van der Waals surface area contributed by atoms with Gasteiger partial charge in [-0.15, -0.1) is 0 Å². The van der Waals surface area contributed by atoms with Gasteiger partial charge >= 0.3 is 5.97 Å². The van der Waals surface area contributed by atoms with E-state index in [4.69, 9.17) is 19.5 Å². The molecular formula is C6H13NO2. The topological polar surface area (TPSA) is 63.3 Å². The van der Waals surface area contributed by atoms with Crippen molar-refractivity contribution < 1.29 is 22.2 Å². The predicted octanol–water partition coefficient (Wildman–Crippen LogP) is 0.444. The van der Waals surface area contributed by atoms with Crippen molar-refractivity contribution in [3.63, 3.8) is 0 Å². The van der Waals surface area contributed by atoms with E-state index in [1.54, 1.807) is 0 Å². The molecule has 0 rings (SSSR count). The van der Waals surface area contributed by atoms with Gasteiger partial charge in [-0.1, -0.05) is 13.7 Å². The monoisotopic (exact) mass is 141 g/mol. The highest BCUT2D eigenvalue weighted by atomic mass is 16.4. The van der Waals surface area contributed by atoms with Crippen LogP contribution in [0.1, 0.15) is 32.4 Å². The second-order valence-corrected chi connectivity index (χ2v) is 1.28. The van der Waals surface area contributed by atoms with E-state index in [9.17, 15) is 4.79 Å². The Bertz CT molecular complexity index is 331. The van der Waals surface area contributed by atoms with Gasteiger partial charge in [0.05, 0.1) is 1.37 Å². The van der Waals surface area contributed by atoms with Gasteiger partial charge in [-0.2, -0.15) is 0 Å². The molecule has 0 aromatic rings. The van der Waals surface area contributed by atoms with Crippen molar-refractivity contribution in [2.45, 2.75) is 26.1 Å². The first kappa shape index (κ1) is 1.53. The van der Waals surface area contributed by atoms with Crippen LogP contribution >= 0.6 is 0 Å². The van der Waals surface area contributed by atoms with E-state index in [1.165, 1.54) is 0 Å². The van der Waals surface area contributed by atoms with Gasteiger partial charge in [0.15, 0.2) is 0 Å². The van der Waals surface area contributed by atoms with Gasteiger partial charge < -0.3 is 10.8 Å². The van der Waals surface area contributed by atoms with Crippen molar-refractivity contribution in [2.24, 2.45) is 11.7 Å². The molecular weight excluding hydrogens is 118 g/mol. The fraction of sp³-hybridized carbons (Fsp3) is 0.833. The van der Waals surface area contributed by atoms with E-state index >= 15 is 0 Å². The lowest BCUT2D eigenvalue weighted by Crippen LogP contribution is -2.31. The van der Waals surface area contributed by atoms with Crippen molar-refractivity contribution >= 4 is 5.97 Å². The molecule has 0 aliphatic heterocycles. The Morgan fingerprint density at radius 3 is 3.33 bits per heavy atom. The molecule has 54 valence electrons. The molecule has 0 spiro atoms. The van der Waals surface area contributed by atoms with Crippen molar-refractivity contribution in [3.05, 3.63) is 0 Å². The second kappa shape index (κ2) is 3.45. The Morgan fingerprint density at radius 1 is 2.22 bits per heavy atom.